The third-order valence-electron chi connectivity index (χ3n) is 4.73. The molecule has 3 rings (SSSR count). The fourth-order valence-corrected chi connectivity index (χ4v) is 4.59. The number of anilines is 1. The van der Waals surface area contributed by atoms with Gasteiger partial charge in [-0.2, -0.15) is 0 Å². The third kappa shape index (κ3) is 4.90. The van der Waals surface area contributed by atoms with Crippen LogP contribution in [0, 0.1) is 10.1 Å². The quantitative estimate of drug-likeness (QED) is 0.524. The molecule has 29 heavy (non-hydrogen) atoms. The number of benzene rings is 2. The fraction of sp³-hybridized carbons (Fsp3) is 0.316. The van der Waals surface area contributed by atoms with E-state index in [1.165, 1.54) is 49.6 Å². The van der Waals surface area contributed by atoms with Crippen molar-refractivity contribution in [2.45, 2.75) is 36.6 Å². The average Bonchev–Trinajstić information content (AvgIpc) is 3.20. The molecule has 0 heterocycles. The first kappa shape index (κ1) is 20.7. The molecule has 0 saturated heterocycles. The van der Waals surface area contributed by atoms with Crippen molar-refractivity contribution < 1.29 is 22.9 Å². The number of nitrogens with one attached hydrogen (secondary N) is 2. The van der Waals surface area contributed by atoms with Gasteiger partial charge in [0, 0.05) is 23.7 Å². The minimum Gasteiger partial charge on any atom is -0.495 e. The number of amides is 1. The fourth-order valence-electron chi connectivity index (χ4n) is 3.24. The Morgan fingerprint density at radius 1 is 1.17 bits per heavy atom. The van der Waals surface area contributed by atoms with Gasteiger partial charge in [-0.1, -0.05) is 18.9 Å². The molecule has 0 aliphatic heterocycles. The Balaban J connectivity index is 1.83. The molecule has 0 spiro atoms. The highest BCUT2D eigenvalue weighted by atomic mass is 32.2. The van der Waals surface area contributed by atoms with Crippen molar-refractivity contribution in [2.24, 2.45) is 0 Å². The summed E-state index contributed by atoms with van der Waals surface area (Å²) in [7, 11) is -2.37. The zero-order chi connectivity index (χ0) is 21.0. The molecule has 2 aromatic carbocycles. The van der Waals surface area contributed by atoms with Crippen LogP contribution in [-0.4, -0.2) is 32.4 Å². The number of rotatable bonds is 7. The van der Waals surface area contributed by atoms with Crippen molar-refractivity contribution in [3.8, 4) is 5.75 Å². The van der Waals surface area contributed by atoms with Crippen LogP contribution in [0.15, 0.2) is 47.4 Å². The molecule has 0 atom stereocenters. The summed E-state index contributed by atoms with van der Waals surface area (Å²) in [6.45, 7) is 0. The van der Waals surface area contributed by atoms with Gasteiger partial charge in [-0.05, 0) is 37.1 Å². The Bertz CT molecular complexity index is 1030. The van der Waals surface area contributed by atoms with Crippen LogP contribution >= 0.6 is 0 Å². The second kappa shape index (κ2) is 8.58. The van der Waals surface area contributed by atoms with Crippen LogP contribution in [0.3, 0.4) is 0 Å². The van der Waals surface area contributed by atoms with Gasteiger partial charge in [0.25, 0.3) is 11.6 Å². The Labute approximate surface area is 168 Å². The number of nitrogens with zero attached hydrogens (tertiary/aromatic N) is 1. The number of carbonyl (C=O) groups is 1. The summed E-state index contributed by atoms with van der Waals surface area (Å²) in [6, 6.07) is 9.36. The summed E-state index contributed by atoms with van der Waals surface area (Å²) in [5, 5.41) is 13.5. The standard InChI is InChI=1S/C19H21N3O6S/c1-28-18-10-9-15(22(24)25)12-17(18)20-19(23)13-5-4-8-16(11-13)29(26,27)21-14-6-2-3-7-14/h4-5,8-12,14,21H,2-3,6-7H2,1H3,(H,20,23). The van der Waals surface area contributed by atoms with Crippen LogP contribution < -0.4 is 14.8 Å². The molecule has 1 aliphatic carbocycles. The Morgan fingerprint density at radius 2 is 1.90 bits per heavy atom. The van der Waals surface area contributed by atoms with Crippen LogP contribution in [0.4, 0.5) is 11.4 Å². The first-order chi connectivity index (χ1) is 13.8. The SMILES string of the molecule is COc1ccc([N+](=O)[O-])cc1NC(=O)c1cccc(S(=O)(=O)NC2CCCC2)c1. The molecule has 0 aromatic heterocycles. The van der Waals surface area contributed by atoms with Crippen LogP contribution in [-0.2, 0) is 10.0 Å². The van der Waals surface area contributed by atoms with E-state index < -0.39 is 20.9 Å². The molecular formula is C19H21N3O6S. The second-order valence-corrected chi connectivity index (χ2v) is 8.44. The molecule has 1 fully saturated rings. The van der Waals surface area contributed by atoms with E-state index in [0.29, 0.717) is 0 Å². The average molecular weight is 419 g/mol. The highest BCUT2D eigenvalue weighted by Crippen LogP contribution is 2.29. The van der Waals surface area contributed by atoms with Crippen molar-refractivity contribution >= 4 is 27.3 Å². The van der Waals surface area contributed by atoms with Crippen molar-refractivity contribution in [1.82, 2.24) is 4.72 Å². The van der Waals surface area contributed by atoms with Gasteiger partial charge in [0.1, 0.15) is 5.75 Å². The van der Waals surface area contributed by atoms with E-state index in [1.807, 2.05) is 0 Å². The number of non-ortho nitro benzene ring substituents is 1. The molecule has 10 heteroatoms. The van der Waals surface area contributed by atoms with Crippen molar-refractivity contribution in [3.05, 3.63) is 58.1 Å². The number of hydrogen-bond donors (Lipinski definition) is 2. The van der Waals surface area contributed by atoms with E-state index in [9.17, 15) is 23.3 Å². The van der Waals surface area contributed by atoms with Crippen molar-refractivity contribution in [3.63, 3.8) is 0 Å². The number of nitro benzene ring substituents is 1. The van der Waals surface area contributed by atoms with Gasteiger partial charge in [-0.3, -0.25) is 14.9 Å². The lowest BCUT2D eigenvalue weighted by molar-refractivity contribution is -0.384. The zero-order valence-corrected chi connectivity index (χ0v) is 16.6. The van der Waals surface area contributed by atoms with E-state index >= 15 is 0 Å². The third-order valence-corrected chi connectivity index (χ3v) is 6.24. The highest BCUT2D eigenvalue weighted by molar-refractivity contribution is 7.89. The molecule has 154 valence electrons. The Hall–Kier alpha value is -2.98. The van der Waals surface area contributed by atoms with E-state index in [0.717, 1.165) is 25.7 Å². The molecule has 2 N–H and O–H groups in total. The number of nitro groups is 1. The van der Waals surface area contributed by atoms with Gasteiger partial charge in [-0.25, -0.2) is 13.1 Å². The molecule has 0 unspecified atom stereocenters. The van der Waals surface area contributed by atoms with E-state index in [-0.39, 0.29) is 33.6 Å². The van der Waals surface area contributed by atoms with Crippen LogP contribution in [0.1, 0.15) is 36.0 Å². The van der Waals surface area contributed by atoms with Gasteiger partial charge in [0.2, 0.25) is 10.0 Å². The van der Waals surface area contributed by atoms with Crippen LogP contribution in [0.5, 0.6) is 5.75 Å². The lowest BCUT2D eigenvalue weighted by Gasteiger charge is -2.13. The minimum atomic E-state index is -3.75. The largest absolute Gasteiger partial charge is 0.495 e. The summed E-state index contributed by atoms with van der Waals surface area (Å²) < 4.78 is 33.0. The van der Waals surface area contributed by atoms with E-state index in [4.69, 9.17) is 4.74 Å². The molecule has 0 radical (unpaired) electrons. The van der Waals surface area contributed by atoms with E-state index in [1.54, 1.807) is 0 Å². The maximum atomic E-state index is 12.6. The lowest BCUT2D eigenvalue weighted by Crippen LogP contribution is -2.32. The van der Waals surface area contributed by atoms with Crippen LogP contribution in [0.25, 0.3) is 0 Å². The number of carbonyl (C=O) groups excluding carboxylic acids is 1. The number of sulfonamides is 1. The molecule has 0 bridgehead atoms. The summed E-state index contributed by atoms with van der Waals surface area (Å²) in [5.74, 6) is -0.364. The Morgan fingerprint density at radius 3 is 2.55 bits per heavy atom. The monoisotopic (exact) mass is 419 g/mol. The van der Waals surface area contributed by atoms with Crippen LogP contribution in [0.2, 0.25) is 0 Å². The van der Waals surface area contributed by atoms with Crippen molar-refractivity contribution in [1.29, 1.82) is 0 Å². The Kier molecular flexibility index (Phi) is 6.14. The lowest BCUT2D eigenvalue weighted by atomic mass is 10.2. The highest BCUT2D eigenvalue weighted by Gasteiger charge is 2.24. The van der Waals surface area contributed by atoms with Gasteiger partial charge < -0.3 is 10.1 Å². The molecule has 1 amide bonds. The molecule has 9 nitrogen and oxygen atoms in total. The summed E-state index contributed by atoms with van der Waals surface area (Å²) >= 11 is 0. The number of methoxy groups -OCH3 is 1. The van der Waals surface area contributed by atoms with Crippen molar-refractivity contribution in [2.75, 3.05) is 12.4 Å². The number of hydrogen-bond acceptors (Lipinski definition) is 6. The molecule has 1 saturated carbocycles. The second-order valence-electron chi connectivity index (χ2n) is 6.73. The first-order valence-electron chi connectivity index (χ1n) is 9.06. The normalized spacial score (nSPS) is 14.5. The van der Waals surface area contributed by atoms with Gasteiger partial charge in [0.15, 0.2) is 0 Å². The smallest absolute Gasteiger partial charge is 0.271 e. The number of ether oxygens (including phenoxy) is 1. The molecule has 1 aliphatic rings. The van der Waals surface area contributed by atoms with Gasteiger partial charge >= 0.3 is 0 Å². The summed E-state index contributed by atoms with van der Waals surface area (Å²) in [4.78, 5) is 23.0. The van der Waals surface area contributed by atoms with Gasteiger partial charge in [0.05, 0.1) is 22.6 Å². The minimum absolute atomic E-state index is 0.0111. The molecule has 2 aromatic rings. The predicted octanol–water partition coefficient (Wildman–Crippen LogP) is 3.08. The summed E-state index contributed by atoms with van der Waals surface area (Å²) in [5.41, 5.74) is 0.00934. The van der Waals surface area contributed by atoms with Gasteiger partial charge in [-0.15, -0.1) is 0 Å². The molecular weight excluding hydrogens is 398 g/mol. The first-order valence-corrected chi connectivity index (χ1v) is 10.5. The predicted molar refractivity (Wildman–Crippen MR) is 107 cm³/mol. The van der Waals surface area contributed by atoms with E-state index in [2.05, 4.69) is 10.0 Å². The maximum Gasteiger partial charge on any atom is 0.271 e. The zero-order valence-electron chi connectivity index (χ0n) is 15.8. The summed E-state index contributed by atoms with van der Waals surface area (Å²) in [6.07, 6.45) is 3.57. The maximum absolute atomic E-state index is 12.6. The topological polar surface area (TPSA) is 128 Å².